The molecule has 2 aromatic heterocycles. The Morgan fingerprint density at radius 3 is 2.96 bits per heavy atom. The zero-order chi connectivity index (χ0) is 16.5. The predicted molar refractivity (Wildman–Crippen MR) is 92.9 cm³/mol. The summed E-state index contributed by atoms with van der Waals surface area (Å²) in [4.78, 5) is 18.9. The van der Waals surface area contributed by atoms with Gasteiger partial charge in [-0.2, -0.15) is 5.10 Å². The molecular weight excluding hydrogens is 302 g/mol. The highest BCUT2D eigenvalue weighted by molar-refractivity contribution is 6.04. The number of nitrogens with zero attached hydrogens (tertiary/aromatic N) is 4. The Balaban J connectivity index is 1.51. The number of carbonyl (C=O) groups excluding carboxylic acids is 1. The van der Waals surface area contributed by atoms with Crippen molar-refractivity contribution in [2.45, 2.75) is 12.5 Å². The Bertz CT molecular complexity index is 874. The number of para-hydroxylation sites is 1. The van der Waals surface area contributed by atoms with Crippen molar-refractivity contribution >= 4 is 22.5 Å². The van der Waals surface area contributed by atoms with E-state index < -0.39 is 0 Å². The van der Waals surface area contributed by atoms with E-state index in [1.807, 2.05) is 48.3 Å². The van der Waals surface area contributed by atoms with Crippen LogP contribution in [-0.2, 0) is 7.05 Å². The molecule has 6 nitrogen and oxygen atoms in total. The third kappa shape index (κ3) is 2.60. The summed E-state index contributed by atoms with van der Waals surface area (Å²) in [5.41, 5.74) is 2.50. The number of amides is 1. The second kappa shape index (κ2) is 5.96. The number of fused-ring (bicyclic) bond motifs is 1. The first-order valence-electron chi connectivity index (χ1n) is 8.10. The molecule has 1 atom stereocenters. The maximum atomic E-state index is 12.9. The van der Waals surface area contributed by atoms with Crippen LogP contribution in [0.5, 0.6) is 0 Å². The summed E-state index contributed by atoms with van der Waals surface area (Å²) in [6, 6.07) is 12.0. The van der Waals surface area contributed by atoms with E-state index in [1.54, 1.807) is 17.1 Å². The van der Waals surface area contributed by atoms with Gasteiger partial charge in [-0.3, -0.25) is 14.5 Å². The molecule has 1 saturated heterocycles. The van der Waals surface area contributed by atoms with Crippen LogP contribution in [0.1, 0.15) is 16.9 Å². The fraction of sp³-hybridized carbons (Fsp3) is 0.278. The van der Waals surface area contributed by atoms with Crippen LogP contribution in [-0.4, -0.2) is 44.7 Å². The molecule has 0 unspecified atom stereocenters. The average molecular weight is 321 g/mol. The van der Waals surface area contributed by atoms with E-state index in [1.165, 1.54) is 0 Å². The van der Waals surface area contributed by atoms with Crippen LogP contribution in [0.4, 0.5) is 5.69 Å². The highest BCUT2D eigenvalue weighted by atomic mass is 16.2. The van der Waals surface area contributed by atoms with Crippen LogP contribution in [0.25, 0.3) is 10.9 Å². The Morgan fingerprint density at radius 1 is 1.25 bits per heavy atom. The molecule has 122 valence electrons. The maximum Gasteiger partial charge on any atom is 0.275 e. The van der Waals surface area contributed by atoms with Gasteiger partial charge in [0.1, 0.15) is 0 Å². The van der Waals surface area contributed by atoms with Crippen molar-refractivity contribution in [3.63, 3.8) is 0 Å². The van der Waals surface area contributed by atoms with Crippen LogP contribution in [0, 0.1) is 0 Å². The van der Waals surface area contributed by atoms with Gasteiger partial charge in [-0.05, 0) is 24.6 Å². The third-order valence-electron chi connectivity index (χ3n) is 4.47. The van der Waals surface area contributed by atoms with Crippen LogP contribution >= 0.6 is 0 Å². The lowest BCUT2D eigenvalue weighted by Crippen LogP contribution is -2.32. The molecule has 24 heavy (non-hydrogen) atoms. The number of carbonyl (C=O) groups is 1. The number of aromatic nitrogens is 3. The molecule has 0 spiro atoms. The van der Waals surface area contributed by atoms with Crippen molar-refractivity contribution < 1.29 is 4.79 Å². The van der Waals surface area contributed by atoms with Crippen LogP contribution in [0.2, 0.25) is 0 Å². The Kier molecular flexibility index (Phi) is 3.65. The highest BCUT2D eigenvalue weighted by Crippen LogP contribution is 2.22. The lowest BCUT2D eigenvalue weighted by Gasteiger charge is -2.16. The SMILES string of the molecule is Cn1nc(C(=O)N2CC[C@@H](Nc3cccnc3)C2)c2ccccc21. The van der Waals surface area contributed by atoms with Crippen LogP contribution in [0.3, 0.4) is 0 Å². The average Bonchev–Trinajstić information content (AvgIpc) is 3.21. The summed E-state index contributed by atoms with van der Waals surface area (Å²) in [6.07, 6.45) is 4.48. The maximum absolute atomic E-state index is 12.9. The van der Waals surface area contributed by atoms with Crippen molar-refractivity contribution in [2.75, 3.05) is 18.4 Å². The van der Waals surface area contributed by atoms with Crippen molar-refractivity contribution in [2.24, 2.45) is 7.05 Å². The number of hydrogen-bond acceptors (Lipinski definition) is 4. The predicted octanol–water partition coefficient (Wildman–Crippen LogP) is 2.29. The zero-order valence-electron chi connectivity index (χ0n) is 13.5. The van der Waals surface area contributed by atoms with Gasteiger partial charge in [-0.25, -0.2) is 0 Å². The summed E-state index contributed by atoms with van der Waals surface area (Å²) in [6.45, 7) is 1.42. The summed E-state index contributed by atoms with van der Waals surface area (Å²) >= 11 is 0. The minimum Gasteiger partial charge on any atom is -0.379 e. The van der Waals surface area contributed by atoms with E-state index in [9.17, 15) is 4.79 Å². The number of pyridine rings is 1. The molecule has 1 aromatic carbocycles. The molecule has 4 rings (SSSR count). The number of rotatable bonds is 3. The van der Waals surface area contributed by atoms with Gasteiger partial charge in [0.25, 0.3) is 5.91 Å². The van der Waals surface area contributed by atoms with Crippen LogP contribution in [0.15, 0.2) is 48.8 Å². The van der Waals surface area contributed by atoms with Crippen molar-refractivity contribution in [1.82, 2.24) is 19.7 Å². The molecular formula is C18H19N5O. The minimum atomic E-state index is 0.00212. The van der Waals surface area contributed by atoms with Crippen molar-refractivity contribution in [3.8, 4) is 0 Å². The molecule has 1 aliphatic heterocycles. The van der Waals surface area contributed by atoms with Gasteiger partial charge in [0.15, 0.2) is 5.69 Å². The molecule has 1 N–H and O–H groups in total. The molecule has 6 heteroatoms. The van der Waals surface area contributed by atoms with Gasteiger partial charge in [0, 0.05) is 44.0 Å². The van der Waals surface area contributed by atoms with E-state index in [0.29, 0.717) is 12.2 Å². The smallest absolute Gasteiger partial charge is 0.275 e. The molecule has 3 heterocycles. The van der Waals surface area contributed by atoms with Crippen molar-refractivity contribution in [1.29, 1.82) is 0 Å². The number of likely N-dealkylation sites (tertiary alicyclic amines) is 1. The number of hydrogen-bond donors (Lipinski definition) is 1. The van der Waals surface area contributed by atoms with Gasteiger partial charge < -0.3 is 10.2 Å². The number of aryl methyl sites for hydroxylation is 1. The highest BCUT2D eigenvalue weighted by Gasteiger charge is 2.29. The Labute approximate surface area is 140 Å². The van der Waals surface area contributed by atoms with E-state index in [0.717, 1.165) is 29.6 Å². The third-order valence-corrected chi connectivity index (χ3v) is 4.47. The lowest BCUT2D eigenvalue weighted by molar-refractivity contribution is 0.0787. The fourth-order valence-electron chi connectivity index (χ4n) is 3.27. The Morgan fingerprint density at radius 2 is 2.12 bits per heavy atom. The molecule has 0 bridgehead atoms. The van der Waals surface area contributed by atoms with E-state index in [-0.39, 0.29) is 11.9 Å². The first kappa shape index (κ1) is 14.7. The topological polar surface area (TPSA) is 63.1 Å². The molecule has 1 amide bonds. The molecule has 0 radical (unpaired) electrons. The normalized spacial score (nSPS) is 17.4. The molecule has 1 aliphatic rings. The summed E-state index contributed by atoms with van der Waals surface area (Å²) in [7, 11) is 1.87. The van der Waals surface area contributed by atoms with Gasteiger partial charge >= 0.3 is 0 Å². The molecule has 1 fully saturated rings. The number of benzene rings is 1. The monoisotopic (exact) mass is 321 g/mol. The minimum absolute atomic E-state index is 0.00212. The van der Waals surface area contributed by atoms with Crippen LogP contribution < -0.4 is 5.32 Å². The second-order valence-electron chi connectivity index (χ2n) is 6.11. The number of nitrogens with one attached hydrogen (secondary N) is 1. The Hall–Kier alpha value is -2.89. The van der Waals surface area contributed by atoms with E-state index in [2.05, 4.69) is 15.4 Å². The van der Waals surface area contributed by atoms with E-state index >= 15 is 0 Å². The van der Waals surface area contributed by atoms with Gasteiger partial charge in [-0.15, -0.1) is 0 Å². The first-order chi connectivity index (χ1) is 11.7. The fourth-order valence-corrected chi connectivity index (χ4v) is 3.27. The summed E-state index contributed by atoms with van der Waals surface area (Å²) in [5.74, 6) is 0.00212. The molecule has 3 aromatic rings. The standard InChI is InChI=1S/C18H19N5O/c1-22-16-7-3-2-6-15(16)17(21-22)18(24)23-10-8-14(12-23)20-13-5-4-9-19-11-13/h2-7,9,11,14,20H,8,10,12H2,1H3/t14-/m1/s1. The lowest BCUT2D eigenvalue weighted by atomic mass is 10.2. The largest absolute Gasteiger partial charge is 0.379 e. The summed E-state index contributed by atoms with van der Waals surface area (Å²) in [5, 5.41) is 8.79. The van der Waals surface area contributed by atoms with Gasteiger partial charge in [-0.1, -0.05) is 18.2 Å². The molecule has 0 aliphatic carbocycles. The second-order valence-corrected chi connectivity index (χ2v) is 6.11. The first-order valence-corrected chi connectivity index (χ1v) is 8.10. The van der Waals surface area contributed by atoms with Gasteiger partial charge in [0.05, 0.1) is 11.2 Å². The zero-order valence-corrected chi connectivity index (χ0v) is 13.5. The van der Waals surface area contributed by atoms with Crippen molar-refractivity contribution in [3.05, 3.63) is 54.5 Å². The van der Waals surface area contributed by atoms with E-state index in [4.69, 9.17) is 0 Å². The number of anilines is 1. The molecule has 0 saturated carbocycles. The summed E-state index contributed by atoms with van der Waals surface area (Å²) < 4.78 is 1.77. The quantitative estimate of drug-likeness (QED) is 0.804. The van der Waals surface area contributed by atoms with Gasteiger partial charge in [0.2, 0.25) is 0 Å².